The molecule has 0 fully saturated rings. The molecule has 6 nitrogen and oxygen atoms in total. The molecule has 36 heavy (non-hydrogen) atoms. The van der Waals surface area contributed by atoms with Crippen LogP contribution in [0.1, 0.15) is 65.1 Å². The summed E-state index contributed by atoms with van der Waals surface area (Å²) in [6, 6.07) is 14.2. The first-order chi connectivity index (χ1) is 17.6. The fourth-order valence-electron chi connectivity index (χ4n) is 5.70. The Labute approximate surface area is 212 Å². The number of aldehydes is 1. The van der Waals surface area contributed by atoms with Crippen LogP contribution in [-0.4, -0.2) is 49.2 Å². The van der Waals surface area contributed by atoms with Gasteiger partial charge in [0.15, 0.2) is 0 Å². The Kier molecular flexibility index (Phi) is 7.03. The second kappa shape index (κ2) is 10.5. The third-order valence-corrected chi connectivity index (χ3v) is 7.65. The van der Waals surface area contributed by atoms with Crippen LogP contribution in [0.3, 0.4) is 0 Å². The van der Waals surface area contributed by atoms with Gasteiger partial charge in [-0.25, -0.2) is 0 Å². The zero-order chi connectivity index (χ0) is 25.1. The van der Waals surface area contributed by atoms with Gasteiger partial charge in [0, 0.05) is 50.3 Å². The van der Waals surface area contributed by atoms with E-state index in [1.807, 2.05) is 6.07 Å². The summed E-state index contributed by atoms with van der Waals surface area (Å²) in [5.74, 6) is 0.00147. The number of nitrogens with zero attached hydrogens (tertiary/aromatic N) is 2. The van der Waals surface area contributed by atoms with Crippen LogP contribution in [0.5, 0.6) is 0 Å². The van der Waals surface area contributed by atoms with E-state index in [1.54, 1.807) is 11.9 Å². The monoisotopic (exact) mass is 483 g/mol. The van der Waals surface area contributed by atoms with Crippen molar-refractivity contribution in [1.29, 1.82) is 0 Å². The van der Waals surface area contributed by atoms with Crippen molar-refractivity contribution >= 4 is 23.8 Å². The van der Waals surface area contributed by atoms with E-state index in [-0.39, 0.29) is 24.2 Å². The van der Waals surface area contributed by atoms with Crippen molar-refractivity contribution in [2.75, 3.05) is 25.0 Å². The molecular weight excluding hydrogens is 450 g/mol. The van der Waals surface area contributed by atoms with E-state index in [4.69, 9.17) is 0 Å². The maximum absolute atomic E-state index is 13.1. The van der Waals surface area contributed by atoms with E-state index in [9.17, 15) is 14.4 Å². The van der Waals surface area contributed by atoms with Gasteiger partial charge in [-0.1, -0.05) is 48.6 Å². The van der Waals surface area contributed by atoms with Crippen molar-refractivity contribution in [1.82, 2.24) is 10.2 Å². The number of hydrogen-bond donors (Lipinski definition) is 1. The van der Waals surface area contributed by atoms with Crippen LogP contribution in [0, 0.1) is 0 Å². The molecule has 2 unspecified atom stereocenters. The molecule has 1 aliphatic carbocycles. The number of carbonyl (C=O) groups is 3. The third-order valence-electron chi connectivity index (χ3n) is 7.65. The molecule has 1 N–H and O–H groups in total. The number of rotatable bonds is 8. The van der Waals surface area contributed by atoms with Crippen molar-refractivity contribution in [3.63, 3.8) is 0 Å². The standard InChI is InChI=1S/C30H33N3O3/c1-31-29(35)14-12-24(20-34)33-19-23-17-22(11-13-26(23)30(33)36)25-15-16-32(18-21-7-3-2-4-8-21)28-10-6-5-9-27(25)28/h3,5-11,13,17,20,24-25H,2,4,12,14-16,18-19H2,1H3,(H,31,35). The van der Waals surface area contributed by atoms with E-state index >= 15 is 0 Å². The van der Waals surface area contributed by atoms with Crippen molar-refractivity contribution < 1.29 is 14.4 Å². The van der Waals surface area contributed by atoms with Gasteiger partial charge >= 0.3 is 0 Å². The quantitative estimate of drug-likeness (QED) is 0.567. The predicted octanol–water partition coefficient (Wildman–Crippen LogP) is 4.35. The molecule has 2 aliphatic heterocycles. The summed E-state index contributed by atoms with van der Waals surface area (Å²) in [5.41, 5.74) is 6.81. The molecular formula is C30H33N3O3. The van der Waals surface area contributed by atoms with Crippen LogP contribution in [0.25, 0.3) is 0 Å². The van der Waals surface area contributed by atoms with Gasteiger partial charge in [0.1, 0.15) is 6.29 Å². The third kappa shape index (κ3) is 4.72. The Morgan fingerprint density at radius 3 is 2.83 bits per heavy atom. The van der Waals surface area contributed by atoms with E-state index in [2.05, 4.69) is 64.8 Å². The summed E-state index contributed by atoms with van der Waals surface area (Å²) in [4.78, 5) is 40.6. The van der Waals surface area contributed by atoms with E-state index < -0.39 is 6.04 Å². The molecule has 6 heteroatoms. The number of hydrogen-bond acceptors (Lipinski definition) is 4. The predicted molar refractivity (Wildman–Crippen MR) is 141 cm³/mol. The molecule has 0 bridgehead atoms. The van der Waals surface area contributed by atoms with E-state index in [0.717, 1.165) is 44.2 Å². The summed E-state index contributed by atoms with van der Waals surface area (Å²) in [5, 5.41) is 2.57. The molecule has 2 heterocycles. The van der Waals surface area contributed by atoms with Crippen LogP contribution < -0.4 is 10.2 Å². The fraction of sp³-hybridized carbons (Fsp3) is 0.367. The topological polar surface area (TPSA) is 69.7 Å². The molecule has 0 saturated heterocycles. The Bertz CT molecular complexity index is 1230. The average Bonchev–Trinajstić information content (AvgIpc) is 3.25. The van der Waals surface area contributed by atoms with Gasteiger partial charge in [-0.15, -0.1) is 0 Å². The molecule has 2 amide bonds. The van der Waals surface area contributed by atoms with Crippen molar-refractivity contribution in [3.05, 3.63) is 88.5 Å². The van der Waals surface area contributed by atoms with Crippen molar-refractivity contribution in [3.8, 4) is 0 Å². The largest absolute Gasteiger partial charge is 0.367 e. The lowest BCUT2D eigenvalue weighted by Gasteiger charge is -2.36. The van der Waals surface area contributed by atoms with E-state index in [0.29, 0.717) is 18.5 Å². The highest BCUT2D eigenvalue weighted by Gasteiger charge is 2.34. The van der Waals surface area contributed by atoms with Gasteiger partial charge in [0.05, 0.1) is 6.04 Å². The number of nitrogens with one attached hydrogen (secondary N) is 1. The first-order valence-corrected chi connectivity index (χ1v) is 12.9. The molecule has 3 aliphatic rings. The normalized spacial score (nSPS) is 19.4. The SMILES string of the molecule is CNC(=O)CCC(C=O)N1Cc2cc(C3CCN(CC4=CCCC=C4)c4ccccc43)ccc2C1=O. The molecule has 0 spiro atoms. The summed E-state index contributed by atoms with van der Waals surface area (Å²) < 4.78 is 0. The highest BCUT2D eigenvalue weighted by Crippen LogP contribution is 2.41. The number of fused-ring (bicyclic) bond motifs is 2. The summed E-state index contributed by atoms with van der Waals surface area (Å²) in [6.45, 7) is 2.30. The number of benzene rings is 2. The van der Waals surface area contributed by atoms with Crippen molar-refractivity contribution in [2.24, 2.45) is 0 Å². The van der Waals surface area contributed by atoms with Crippen LogP contribution in [0.15, 0.2) is 66.3 Å². The Morgan fingerprint density at radius 1 is 1.19 bits per heavy atom. The fourth-order valence-corrected chi connectivity index (χ4v) is 5.70. The number of carbonyl (C=O) groups excluding carboxylic acids is 3. The maximum atomic E-state index is 13.1. The Morgan fingerprint density at radius 2 is 2.06 bits per heavy atom. The minimum Gasteiger partial charge on any atom is -0.367 e. The first kappa shape index (κ1) is 24.0. The van der Waals surface area contributed by atoms with Gasteiger partial charge in [0.25, 0.3) is 5.91 Å². The van der Waals surface area contributed by atoms with Crippen molar-refractivity contribution in [2.45, 2.75) is 50.6 Å². The zero-order valence-electron chi connectivity index (χ0n) is 20.8. The maximum Gasteiger partial charge on any atom is 0.255 e. The van der Waals surface area contributed by atoms with E-state index in [1.165, 1.54) is 22.4 Å². The smallest absolute Gasteiger partial charge is 0.255 e. The lowest BCUT2D eigenvalue weighted by Crippen LogP contribution is -2.37. The summed E-state index contributed by atoms with van der Waals surface area (Å²) in [7, 11) is 1.57. The number of allylic oxidation sites excluding steroid dienone is 2. The minimum absolute atomic E-state index is 0.130. The van der Waals surface area contributed by atoms with Crippen LogP contribution in [-0.2, 0) is 16.1 Å². The lowest BCUT2D eigenvalue weighted by atomic mass is 9.83. The van der Waals surface area contributed by atoms with Gasteiger partial charge < -0.3 is 19.9 Å². The van der Waals surface area contributed by atoms with Crippen LogP contribution in [0.4, 0.5) is 5.69 Å². The minimum atomic E-state index is -0.599. The average molecular weight is 484 g/mol. The molecule has 2 aromatic rings. The second-order valence-electron chi connectivity index (χ2n) is 9.85. The Hall–Kier alpha value is -3.67. The van der Waals surface area contributed by atoms with Gasteiger partial charge in [-0.05, 0) is 60.1 Å². The Balaban J connectivity index is 1.36. The van der Waals surface area contributed by atoms with Gasteiger partial charge in [0.2, 0.25) is 5.91 Å². The molecule has 2 atom stereocenters. The van der Waals surface area contributed by atoms with Gasteiger partial charge in [-0.3, -0.25) is 9.59 Å². The molecule has 0 aromatic heterocycles. The van der Waals surface area contributed by atoms with Gasteiger partial charge in [-0.2, -0.15) is 0 Å². The highest BCUT2D eigenvalue weighted by molar-refractivity contribution is 5.99. The van der Waals surface area contributed by atoms with Crippen LogP contribution >= 0.6 is 0 Å². The number of para-hydroxylation sites is 1. The summed E-state index contributed by atoms with van der Waals surface area (Å²) >= 11 is 0. The molecule has 186 valence electrons. The molecule has 0 radical (unpaired) electrons. The molecule has 0 saturated carbocycles. The molecule has 5 rings (SSSR count). The molecule has 2 aromatic carbocycles. The summed E-state index contributed by atoms with van der Waals surface area (Å²) in [6.07, 6.45) is 11.4. The lowest BCUT2D eigenvalue weighted by molar-refractivity contribution is -0.121. The van der Waals surface area contributed by atoms with Crippen LogP contribution in [0.2, 0.25) is 0 Å². The number of anilines is 1. The number of amides is 2. The second-order valence-corrected chi connectivity index (χ2v) is 9.85. The first-order valence-electron chi connectivity index (χ1n) is 12.9. The highest BCUT2D eigenvalue weighted by atomic mass is 16.2. The zero-order valence-corrected chi connectivity index (χ0v) is 20.8.